The number of likely N-dealkylation sites (tertiary alicyclic amines) is 1. The van der Waals surface area contributed by atoms with E-state index in [2.05, 4.69) is 0 Å². The van der Waals surface area contributed by atoms with Crippen molar-refractivity contribution in [3.63, 3.8) is 0 Å². The van der Waals surface area contributed by atoms with Gasteiger partial charge < -0.3 is 14.7 Å². The van der Waals surface area contributed by atoms with Gasteiger partial charge in [0.1, 0.15) is 5.75 Å². The van der Waals surface area contributed by atoms with Crippen LogP contribution in [0.3, 0.4) is 0 Å². The van der Waals surface area contributed by atoms with Gasteiger partial charge in [-0.1, -0.05) is 19.1 Å². The summed E-state index contributed by atoms with van der Waals surface area (Å²) in [6, 6.07) is 7.54. The predicted octanol–water partition coefficient (Wildman–Crippen LogP) is 2.34. The van der Waals surface area contributed by atoms with Crippen LogP contribution in [0.25, 0.3) is 0 Å². The number of ether oxygens (including phenoxy) is 1. The monoisotopic (exact) mass is 305 g/mol. The largest absolute Gasteiger partial charge is 0.494 e. The summed E-state index contributed by atoms with van der Waals surface area (Å²) in [7, 11) is 0. The van der Waals surface area contributed by atoms with E-state index < -0.39 is 11.9 Å². The van der Waals surface area contributed by atoms with Gasteiger partial charge in [-0.3, -0.25) is 9.59 Å². The number of carbonyl (C=O) groups excluding carboxylic acids is 1. The molecule has 1 saturated heterocycles. The third-order valence-electron chi connectivity index (χ3n) is 3.85. The summed E-state index contributed by atoms with van der Waals surface area (Å²) in [5, 5.41) is 9.09. The van der Waals surface area contributed by atoms with E-state index in [4.69, 9.17) is 9.84 Å². The van der Waals surface area contributed by atoms with Gasteiger partial charge in [0.15, 0.2) is 0 Å². The standard InChI is InChI=1S/C17H23NO4/c1-2-9-22-15-7-3-5-13(10-15)11-16(19)18-8-4-6-14(12-18)17(20)21/h3,5,7,10,14H,2,4,6,8-9,11-12H2,1H3,(H,20,21). The molecule has 1 fully saturated rings. The van der Waals surface area contributed by atoms with E-state index in [0.717, 1.165) is 24.2 Å². The van der Waals surface area contributed by atoms with E-state index in [0.29, 0.717) is 26.1 Å². The minimum atomic E-state index is -0.813. The molecule has 0 radical (unpaired) electrons. The summed E-state index contributed by atoms with van der Waals surface area (Å²) >= 11 is 0. The molecule has 1 aliphatic heterocycles. The number of rotatable bonds is 6. The Kier molecular flexibility index (Phi) is 5.81. The minimum absolute atomic E-state index is 0.0152. The molecule has 0 spiro atoms. The van der Waals surface area contributed by atoms with Crippen LogP contribution in [0.5, 0.6) is 5.75 Å². The second-order valence-electron chi connectivity index (χ2n) is 5.69. The van der Waals surface area contributed by atoms with Crippen molar-refractivity contribution in [2.24, 2.45) is 5.92 Å². The van der Waals surface area contributed by atoms with E-state index in [1.807, 2.05) is 31.2 Å². The highest BCUT2D eigenvalue weighted by Gasteiger charge is 2.27. The first-order chi connectivity index (χ1) is 10.6. The number of benzene rings is 1. The van der Waals surface area contributed by atoms with Crippen LogP contribution in [0.4, 0.5) is 0 Å². The molecule has 0 bridgehead atoms. The van der Waals surface area contributed by atoms with E-state index in [-0.39, 0.29) is 12.3 Å². The molecular weight excluding hydrogens is 282 g/mol. The molecular formula is C17H23NO4. The highest BCUT2D eigenvalue weighted by atomic mass is 16.5. The van der Waals surface area contributed by atoms with Crippen molar-refractivity contribution in [3.05, 3.63) is 29.8 Å². The molecule has 5 nitrogen and oxygen atoms in total. The van der Waals surface area contributed by atoms with Gasteiger partial charge in [-0.05, 0) is 37.0 Å². The van der Waals surface area contributed by atoms with Gasteiger partial charge in [-0.15, -0.1) is 0 Å². The Hall–Kier alpha value is -2.04. The maximum absolute atomic E-state index is 12.4. The van der Waals surface area contributed by atoms with Crippen molar-refractivity contribution < 1.29 is 19.4 Å². The molecule has 0 aromatic heterocycles. The van der Waals surface area contributed by atoms with Gasteiger partial charge in [-0.2, -0.15) is 0 Å². The van der Waals surface area contributed by atoms with Crippen molar-refractivity contribution in [2.75, 3.05) is 19.7 Å². The molecule has 120 valence electrons. The second-order valence-corrected chi connectivity index (χ2v) is 5.69. The number of hydrogen-bond acceptors (Lipinski definition) is 3. The van der Waals surface area contributed by atoms with Crippen LogP contribution in [0.1, 0.15) is 31.7 Å². The normalized spacial score (nSPS) is 18.0. The van der Waals surface area contributed by atoms with Crippen LogP contribution in [-0.2, 0) is 16.0 Å². The lowest BCUT2D eigenvalue weighted by Gasteiger charge is -2.30. The molecule has 22 heavy (non-hydrogen) atoms. The molecule has 1 unspecified atom stereocenters. The van der Waals surface area contributed by atoms with Crippen molar-refractivity contribution in [1.82, 2.24) is 4.90 Å². The number of amides is 1. The molecule has 1 aromatic carbocycles. The lowest BCUT2D eigenvalue weighted by molar-refractivity contribution is -0.145. The molecule has 0 saturated carbocycles. The average molecular weight is 305 g/mol. The van der Waals surface area contributed by atoms with Crippen molar-refractivity contribution in [2.45, 2.75) is 32.6 Å². The number of piperidine rings is 1. The molecule has 1 aliphatic rings. The van der Waals surface area contributed by atoms with Gasteiger partial charge in [0.05, 0.1) is 18.9 Å². The van der Waals surface area contributed by atoms with Crippen LogP contribution in [0, 0.1) is 5.92 Å². The Morgan fingerprint density at radius 3 is 2.95 bits per heavy atom. The molecule has 0 aliphatic carbocycles. The van der Waals surface area contributed by atoms with Crippen LogP contribution in [-0.4, -0.2) is 41.6 Å². The van der Waals surface area contributed by atoms with Gasteiger partial charge in [0.25, 0.3) is 0 Å². The second kappa shape index (κ2) is 7.82. The van der Waals surface area contributed by atoms with Crippen molar-refractivity contribution >= 4 is 11.9 Å². The SMILES string of the molecule is CCCOc1cccc(CC(=O)N2CCCC(C(=O)O)C2)c1. The van der Waals surface area contributed by atoms with E-state index >= 15 is 0 Å². The molecule has 1 heterocycles. The lowest BCUT2D eigenvalue weighted by Crippen LogP contribution is -2.42. The predicted molar refractivity (Wildman–Crippen MR) is 82.9 cm³/mol. The third-order valence-corrected chi connectivity index (χ3v) is 3.85. The van der Waals surface area contributed by atoms with Crippen LogP contribution in [0.2, 0.25) is 0 Å². The first-order valence-corrected chi connectivity index (χ1v) is 7.82. The first-order valence-electron chi connectivity index (χ1n) is 7.82. The van der Waals surface area contributed by atoms with Gasteiger partial charge in [0.2, 0.25) is 5.91 Å². The summed E-state index contributed by atoms with van der Waals surface area (Å²) in [4.78, 5) is 25.1. The molecule has 2 rings (SSSR count). The Morgan fingerprint density at radius 2 is 2.23 bits per heavy atom. The first kappa shape index (κ1) is 16.3. The molecule has 1 amide bonds. The van der Waals surface area contributed by atoms with Gasteiger partial charge >= 0.3 is 5.97 Å². The number of carbonyl (C=O) groups is 2. The van der Waals surface area contributed by atoms with Gasteiger partial charge in [-0.25, -0.2) is 0 Å². The lowest BCUT2D eigenvalue weighted by atomic mass is 9.97. The average Bonchev–Trinajstić information content (AvgIpc) is 2.53. The number of carboxylic acids is 1. The van der Waals surface area contributed by atoms with E-state index in [1.165, 1.54) is 0 Å². The zero-order chi connectivity index (χ0) is 15.9. The fourth-order valence-electron chi connectivity index (χ4n) is 2.66. The quantitative estimate of drug-likeness (QED) is 0.876. The number of hydrogen-bond donors (Lipinski definition) is 1. The Bertz CT molecular complexity index is 529. The molecule has 1 aromatic rings. The number of aliphatic carboxylic acids is 1. The zero-order valence-electron chi connectivity index (χ0n) is 13.0. The fourth-order valence-corrected chi connectivity index (χ4v) is 2.66. The fraction of sp³-hybridized carbons (Fsp3) is 0.529. The summed E-state index contributed by atoms with van der Waals surface area (Å²) in [6.45, 7) is 3.67. The number of carboxylic acid groups (broad SMARTS) is 1. The van der Waals surface area contributed by atoms with E-state index in [9.17, 15) is 9.59 Å². The Morgan fingerprint density at radius 1 is 1.41 bits per heavy atom. The van der Waals surface area contributed by atoms with Crippen LogP contribution < -0.4 is 4.74 Å². The molecule has 5 heteroatoms. The topological polar surface area (TPSA) is 66.8 Å². The Balaban J connectivity index is 1.95. The summed E-state index contributed by atoms with van der Waals surface area (Å²) in [5.74, 6) is -0.489. The maximum atomic E-state index is 12.4. The minimum Gasteiger partial charge on any atom is -0.494 e. The zero-order valence-corrected chi connectivity index (χ0v) is 13.0. The molecule has 1 N–H and O–H groups in total. The number of nitrogens with zero attached hydrogens (tertiary/aromatic N) is 1. The van der Waals surface area contributed by atoms with Crippen molar-refractivity contribution in [1.29, 1.82) is 0 Å². The smallest absolute Gasteiger partial charge is 0.308 e. The van der Waals surface area contributed by atoms with Crippen LogP contribution in [0.15, 0.2) is 24.3 Å². The third kappa shape index (κ3) is 4.48. The van der Waals surface area contributed by atoms with Crippen LogP contribution >= 0.6 is 0 Å². The summed E-state index contributed by atoms with van der Waals surface area (Å²) in [5.41, 5.74) is 0.899. The van der Waals surface area contributed by atoms with Crippen molar-refractivity contribution in [3.8, 4) is 5.75 Å². The summed E-state index contributed by atoms with van der Waals surface area (Å²) in [6.07, 6.45) is 2.63. The maximum Gasteiger partial charge on any atom is 0.308 e. The Labute approximate surface area is 130 Å². The van der Waals surface area contributed by atoms with E-state index in [1.54, 1.807) is 4.90 Å². The summed E-state index contributed by atoms with van der Waals surface area (Å²) < 4.78 is 5.57. The van der Waals surface area contributed by atoms with Gasteiger partial charge in [0, 0.05) is 13.1 Å². The highest BCUT2D eigenvalue weighted by Crippen LogP contribution is 2.19. The molecule has 1 atom stereocenters. The highest BCUT2D eigenvalue weighted by molar-refractivity contribution is 5.80.